The molecule has 0 spiro atoms. The number of aromatic nitrogens is 2. The zero-order chi connectivity index (χ0) is 38.1. The van der Waals surface area contributed by atoms with E-state index in [4.69, 9.17) is 23.9 Å². The topological polar surface area (TPSA) is 89.5 Å². The predicted molar refractivity (Wildman–Crippen MR) is 190 cm³/mol. The van der Waals surface area contributed by atoms with Crippen LogP contribution < -0.4 is 14.4 Å². The third-order valence-electron chi connectivity index (χ3n) is 11.1. The minimum absolute atomic E-state index is 0.0329. The summed E-state index contributed by atoms with van der Waals surface area (Å²) in [6.45, 7) is 6.87. The summed E-state index contributed by atoms with van der Waals surface area (Å²) in [5.74, 6) is -4.37. The minimum Gasteiger partial charge on any atom is -0.468 e. The number of nitrogens with zero attached hydrogens (tertiary/aromatic N) is 5. The molecule has 4 atom stereocenters. The number of piperazine rings is 1. The second-order valence-corrected chi connectivity index (χ2v) is 15.8. The number of ether oxygens (including phenoxy) is 4. The van der Waals surface area contributed by atoms with Crippen molar-refractivity contribution in [2.24, 2.45) is 0 Å². The number of hydrogen-bond donors (Lipinski definition) is 0. The van der Waals surface area contributed by atoms with Gasteiger partial charge in [-0.1, -0.05) is 6.07 Å². The predicted octanol–water partition coefficient (Wildman–Crippen LogP) is 7.53. The number of amides is 1. The molecule has 1 aromatic heterocycles. The van der Waals surface area contributed by atoms with Crippen LogP contribution in [0.5, 0.6) is 11.8 Å². The van der Waals surface area contributed by atoms with Gasteiger partial charge >= 0.3 is 12.1 Å². The molecule has 0 aliphatic carbocycles. The summed E-state index contributed by atoms with van der Waals surface area (Å²) in [5.41, 5.74) is -2.50. The van der Waals surface area contributed by atoms with Crippen molar-refractivity contribution in [1.82, 2.24) is 19.8 Å². The Morgan fingerprint density at radius 1 is 0.963 bits per heavy atom. The van der Waals surface area contributed by atoms with Crippen LogP contribution in [0.1, 0.15) is 52.9 Å². The number of benzene rings is 3. The standard InChI is InChI=1S/C39H42F5N5O5/c1-38(2,3)54-37(50)49-18-23-7-8-24(49)17-48(23)35-27-14-29(42)31(26-13-25(53-20-51-4)12-21-6-9-28(41)32(43)30(21)26)33(44)34(27)45-36(46-35)52-19-39-10-5-11-47(39)16-22(40)15-39/h6,9,12-14,22-24H,5,7-8,10-11,15-20H2,1-4H3/t22-,23+,24+,39+/m1/s1. The molecule has 54 heavy (non-hydrogen) atoms. The Balaban J connectivity index is 1.26. The molecule has 6 heterocycles. The maximum atomic E-state index is 17.2. The van der Waals surface area contributed by atoms with E-state index in [0.29, 0.717) is 38.9 Å². The van der Waals surface area contributed by atoms with Crippen LogP contribution in [0.4, 0.5) is 32.6 Å². The van der Waals surface area contributed by atoms with Crippen LogP contribution in [0, 0.1) is 23.3 Å². The maximum absolute atomic E-state index is 17.2. The van der Waals surface area contributed by atoms with Crippen LogP contribution in [0.2, 0.25) is 0 Å². The first-order valence-electron chi connectivity index (χ1n) is 18.3. The smallest absolute Gasteiger partial charge is 0.410 e. The lowest BCUT2D eigenvalue weighted by molar-refractivity contribution is 0.000787. The number of carbonyl (C=O) groups is 1. The Hall–Kier alpha value is -4.50. The van der Waals surface area contributed by atoms with Crippen LogP contribution in [-0.4, -0.2) is 102 Å². The molecule has 0 saturated carbocycles. The summed E-state index contributed by atoms with van der Waals surface area (Å²) < 4.78 is 101. The Bertz CT molecular complexity index is 2130. The molecule has 2 bridgehead atoms. The molecular weight excluding hydrogens is 713 g/mol. The zero-order valence-corrected chi connectivity index (χ0v) is 30.6. The summed E-state index contributed by atoms with van der Waals surface area (Å²) in [4.78, 5) is 28.0. The van der Waals surface area contributed by atoms with E-state index in [0.717, 1.165) is 25.1 Å². The van der Waals surface area contributed by atoms with E-state index in [9.17, 15) is 13.6 Å². The summed E-state index contributed by atoms with van der Waals surface area (Å²) >= 11 is 0. The molecule has 0 N–H and O–H groups in total. The lowest BCUT2D eigenvalue weighted by Gasteiger charge is -2.51. The molecule has 5 aliphatic rings. The van der Waals surface area contributed by atoms with E-state index in [1.807, 2.05) is 4.90 Å². The van der Waals surface area contributed by atoms with Crippen molar-refractivity contribution in [3.63, 3.8) is 0 Å². The number of hydrogen-bond acceptors (Lipinski definition) is 9. The number of anilines is 1. The average molecular weight is 756 g/mol. The fraction of sp³-hybridized carbons (Fsp3) is 0.513. The van der Waals surface area contributed by atoms with Gasteiger partial charge in [0, 0.05) is 55.5 Å². The largest absolute Gasteiger partial charge is 0.468 e. The Labute approximate surface area is 309 Å². The van der Waals surface area contributed by atoms with Gasteiger partial charge in [0.05, 0.1) is 17.1 Å². The highest BCUT2D eigenvalue weighted by Crippen LogP contribution is 2.44. The number of halogens is 5. The molecule has 5 fully saturated rings. The third-order valence-corrected chi connectivity index (χ3v) is 11.1. The highest BCUT2D eigenvalue weighted by atomic mass is 19.2. The lowest BCUT2D eigenvalue weighted by Crippen LogP contribution is -2.64. The lowest BCUT2D eigenvalue weighted by atomic mass is 9.90. The van der Waals surface area contributed by atoms with E-state index >= 15 is 13.2 Å². The van der Waals surface area contributed by atoms with Crippen LogP contribution in [-0.2, 0) is 9.47 Å². The molecule has 4 aromatic rings. The maximum Gasteiger partial charge on any atom is 0.410 e. The number of alkyl halides is 1. The molecule has 5 aliphatic heterocycles. The summed E-state index contributed by atoms with van der Waals surface area (Å²) in [5, 5.41) is -0.169. The summed E-state index contributed by atoms with van der Waals surface area (Å²) in [6.07, 6.45) is 1.79. The Morgan fingerprint density at radius 3 is 2.50 bits per heavy atom. The van der Waals surface area contributed by atoms with Crippen molar-refractivity contribution in [3.8, 4) is 22.9 Å². The van der Waals surface area contributed by atoms with Gasteiger partial charge < -0.3 is 28.7 Å². The normalized spacial score (nSPS) is 24.1. The second-order valence-electron chi connectivity index (χ2n) is 15.8. The quantitative estimate of drug-likeness (QED) is 0.134. The van der Waals surface area contributed by atoms with Crippen molar-refractivity contribution < 1.29 is 45.7 Å². The molecule has 9 rings (SSSR count). The average Bonchev–Trinajstić information content (AvgIpc) is 3.66. The summed E-state index contributed by atoms with van der Waals surface area (Å²) in [7, 11) is 1.40. The number of rotatable bonds is 8. The number of piperidine rings is 2. The van der Waals surface area contributed by atoms with Crippen molar-refractivity contribution in [2.45, 2.75) is 82.3 Å². The van der Waals surface area contributed by atoms with Crippen molar-refractivity contribution in [3.05, 3.63) is 53.6 Å². The SMILES string of the molecule is COCOc1cc(-c2c(F)cc3c(N4C[C@@H]5CC[C@H]4CN5C(=O)OC(C)(C)C)nc(OC[C@@]45CCCN4C[C@H](F)C5)nc3c2F)c2c(F)c(F)ccc2c1. The highest BCUT2D eigenvalue weighted by Gasteiger charge is 2.50. The van der Waals surface area contributed by atoms with E-state index in [1.165, 1.54) is 25.3 Å². The van der Waals surface area contributed by atoms with Gasteiger partial charge in [0.2, 0.25) is 0 Å². The van der Waals surface area contributed by atoms with E-state index in [1.54, 1.807) is 25.7 Å². The van der Waals surface area contributed by atoms with Crippen molar-refractivity contribution in [1.29, 1.82) is 0 Å². The first-order valence-corrected chi connectivity index (χ1v) is 18.3. The molecule has 5 saturated heterocycles. The molecule has 10 nitrogen and oxygen atoms in total. The molecule has 288 valence electrons. The fourth-order valence-corrected chi connectivity index (χ4v) is 8.75. The third kappa shape index (κ3) is 6.42. The number of fused-ring (bicyclic) bond motifs is 6. The van der Waals surface area contributed by atoms with Gasteiger partial charge in [0.25, 0.3) is 0 Å². The van der Waals surface area contributed by atoms with Gasteiger partial charge in [-0.3, -0.25) is 4.90 Å². The van der Waals surface area contributed by atoms with Crippen LogP contribution in [0.15, 0.2) is 30.3 Å². The van der Waals surface area contributed by atoms with E-state index < -0.39 is 52.2 Å². The molecule has 0 unspecified atom stereocenters. The van der Waals surface area contributed by atoms with Gasteiger partial charge in [0.1, 0.15) is 41.3 Å². The van der Waals surface area contributed by atoms with Crippen molar-refractivity contribution >= 4 is 33.6 Å². The molecule has 1 amide bonds. The second kappa shape index (κ2) is 13.7. The fourth-order valence-electron chi connectivity index (χ4n) is 8.75. The first-order chi connectivity index (χ1) is 25.7. The van der Waals surface area contributed by atoms with E-state index in [-0.39, 0.29) is 76.7 Å². The summed E-state index contributed by atoms with van der Waals surface area (Å²) in [6, 6.07) is 5.23. The number of carbonyl (C=O) groups excluding carboxylic acids is 1. The molecule has 15 heteroatoms. The molecule has 0 radical (unpaired) electrons. The van der Waals surface area contributed by atoms with Crippen molar-refractivity contribution in [2.75, 3.05) is 51.6 Å². The van der Waals surface area contributed by atoms with Gasteiger partial charge in [-0.25, -0.2) is 26.7 Å². The molecular formula is C39H42F5N5O5. The minimum atomic E-state index is -1.28. The van der Waals surface area contributed by atoms with Gasteiger partial charge in [-0.15, -0.1) is 0 Å². The Morgan fingerprint density at radius 2 is 1.76 bits per heavy atom. The monoisotopic (exact) mass is 755 g/mol. The Kier molecular flexibility index (Phi) is 9.23. The first kappa shape index (κ1) is 36.5. The van der Waals surface area contributed by atoms with Crippen LogP contribution in [0.3, 0.4) is 0 Å². The highest BCUT2D eigenvalue weighted by molar-refractivity contribution is 6.02. The van der Waals surface area contributed by atoms with E-state index in [2.05, 4.69) is 9.88 Å². The van der Waals surface area contributed by atoms with Crippen LogP contribution in [0.25, 0.3) is 32.8 Å². The van der Waals surface area contributed by atoms with Gasteiger partial charge in [-0.2, -0.15) is 9.97 Å². The molecule has 3 aromatic carbocycles. The van der Waals surface area contributed by atoms with Crippen LogP contribution >= 0.6 is 0 Å². The van der Waals surface area contributed by atoms with Gasteiger partial charge in [-0.05, 0) is 82.7 Å². The number of methoxy groups -OCH3 is 1. The zero-order valence-electron chi connectivity index (χ0n) is 30.6. The van der Waals surface area contributed by atoms with Gasteiger partial charge in [0.15, 0.2) is 24.2 Å².